The number of aromatic nitrogens is 5. The van der Waals surface area contributed by atoms with Crippen LogP contribution >= 0.6 is 11.6 Å². The summed E-state index contributed by atoms with van der Waals surface area (Å²) in [6, 6.07) is 5.50. The van der Waals surface area contributed by atoms with Crippen LogP contribution in [0, 0.1) is 19.3 Å². The van der Waals surface area contributed by atoms with Crippen molar-refractivity contribution in [3.05, 3.63) is 52.6 Å². The summed E-state index contributed by atoms with van der Waals surface area (Å²) < 4.78 is 31.2. The van der Waals surface area contributed by atoms with Crippen LogP contribution in [0.5, 0.6) is 0 Å². The fraction of sp³-hybridized carbons (Fsp3) is 0.375. The lowest BCUT2D eigenvalue weighted by molar-refractivity contribution is -0.00328. The summed E-state index contributed by atoms with van der Waals surface area (Å²) in [5.74, 6) is 0. The van der Waals surface area contributed by atoms with Gasteiger partial charge in [-0.15, -0.1) is 0 Å². The van der Waals surface area contributed by atoms with E-state index >= 15 is 0 Å². The summed E-state index contributed by atoms with van der Waals surface area (Å²) in [6.45, 7) is 5.61. The standard InChI is InChI=1S/C24H23ClF2N6/c1-12-6-17-16(9-30-31-17)18(20(12)25)19-21(15-4-3-5-29-13(15)2)32-33(22(19)23(26)27)14-7-24(8-14)10-28-11-24/h3-6,9,14,23,28H,7-8,10-11H2,1-2H3,(H,30,31). The van der Waals surface area contributed by atoms with Crippen molar-refractivity contribution in [2.75, 3.05) is 13.1 Å². The molecule has 0 bridgehead atoms. The molecule has 0 amide bonds. The SMILES string of the molecule is Cc1cc2[nH]ncc2c(-c2c(-c3cccnc3C)nn(C3CC4(CNC4)C3)c2C(F)F)c1Cl. The van der Waals surface area contributed by atoms with Crippen molar-refractivity contribution in [2.24, 2.45) is 5.41 Å². The number of halogens is 3. The van der Waals surface area contributed by atoms with Gasteiger partial charge in [0.25, 0.3) is 6.43 Å². The Morgan fingerprint density at radius 1 is 1.21 bits per heavy atom. The molecule has 4 heterocycles. The van der Waals surface area contributed by atoms with E-state index in [2.05, 4.69) is 20.5 Å². The van der Waals surface area contributed by atoms with Crippen LogP contribution in [0.4, 0.5) is 8.78 Å². The molecule has 33 heavy (non-hydrogen) atoms. The maximum absolute atomic E-state index is 14.8. The lowest BCUT2D eigenvalue weighted by Gasteiger charge is -2.54. The molecule has 6 nitrogen and oxygen atoms in total. The minimum atomic E-state index is -2.71. The van der Waals surface area contributed by atoms with Crippen LogP contribution in [-0.2, 0) is 0 Å². The van der Waals surface area contributed by atoms with Crippen LogP contribution in [-0.4, -0.2) is 38.1 Å². The zero-order valence-corrected chi connectivity index (χ0v) is 19.0. The van der Waals surface area contributed by atoms with Gasteiger partial charge in [0.1, 0.15) is 11.4 Å². The topological polar surface area (TPSA) is 71.4 Å². The van der Waals surface area contributed by atoms with Crippen LogP contribution in [0.3, 0.4) is 0 Å². The molecule has 170 valence electrons. The van der Waals surface area contributed by atoms with Gasteiger partial charge in [0.2, 0.25) is 0 Å². The molecule has 9 heteroatoms. The zero-order chi connectivity index (χ0) is 22.9. The van der Waals surface area contributed by atoms with Crippen molar-refractivity contribution in [1.29, 1.82) is 0 Å². The first-order chi connectivity index (χ1) is 15.9. The Balaban J connectivity index is 1.66. The molecule has 0 radical (unpaired) electrons. The van der Waals surface area contributed by atoms with E-state index < -0.39 is 6.43 Å². The van der Waals surface area contributed by atoms with Gasteiger partial charge >= 0.3 is 0 Å². The molecule has 3 aromatic heterocycles. The Morgan fingerprint density at radius 3 is 2.67 bits per heavy atom. The lowest BCUT2D eigenvalue weighted by Crippen LogP contribution is -2.60. The Kier molecular flexibility index (Phi) is 4.61. The summed E-state index contributed by atoms with van der Waals surface area (Å²) in [6.07, 6.45) is 2.30. The number of aryl methyl sites for hydroxylation is 2. The number of aromatic amines is 1. The fourth-order valence-electron chi connectivity index (χ4n) is 5.43. The third-order valence-corrected chi connectivity index (χ3v) is 7.70. The number of alkyl halides is 2. The first-order valence-electron chi connectivity index (χ1n) is 11.0. The molecule has 1 saturated carbocycles. The van der Waals surface area contributed by atoms with Gasteiger partial charge in [-0.25, -0.2) is 8.78 Å². The molecular weight excluding hydrogens is 446 g/mol. The van der Waals surface area contributed by atoms with Crippen LogP contribution < -0.4 is 5.32 Å². The van der Waals surface area contributed by atoms with Crippen LogP contribution in [0.2, 0.25) is 5.02 Å². The van der Waals surface area contributed by atoms with E-state index in [0.29, 0.717) is 27.2 Å². The first-order valence-corrected chi connectivity index (χ1v) is 11.4. The normalized spacial score (nSPS) is 17.6. The highest BCUT2D eigenvalue weighted by Gasteiger charge is 2.50. The molecule has 1 saturated heterocycles. The van der Waals surface area contributed by atoms with Crippen LogP contribution in [0.25, 0.3) is 33.3 Å². The zero-order valence-electron chi connectivity index (χ0n) is 18.3. The molecule has 1 spiro atoms. The summed E-state index contributed by atoms with van der Waals surface area (Å²) in [4.78, 5) is 4.39. The highest BCUT2D eigenvalue weighted by molar-refractivity contribution is 6.36. The average molecular weight is 469 g/mol. The number of hydrogen-bond acceptors (Lipinski definition) is 4. The smallest absolute Gasteiger partial charge is 0.280 e. The minimum absolute atomic E-state index is 0.0657. The van der Waals surface area contributed by atoms with Gasteiger partial charge in [-0.05, 0) is 55.9 Å². The van der Waals surface area contributed by atoms with E-state index in [0.717, 1.165) is 48.3 Å². The number of benzene rings is 1. The van der Waals surface area contributed by atoms with Crippen molar-refractivity contribution in [3.8, 4) is 22.4 Å². The number of hydrogen-bond donors (Lipinski definition) is 2. The molecule has 2 aliphatic rings. The highest BCUT2D eigenvalue weighted by atomic mass is 35.5. The second kappa shape index (κ2) is 7.33. The van der Waals surface area contributed by atoms with Gasteiger partial charge in [-0.2, -0.15) is 10.2 Å². The lowest BCUT2D eigenvalue weighted by atomic mass is 9.61. The third kappa shape index (κ3) is 3.04. The van der Waals surface area contributed by atoms with E-state index in [9.17, 15) is 8.78 Å². The number of nitrogens with zero attached hydrogens (tertiary/aromatic N) is 4. The molecule has 1 aliphatic heterocycles. The van der Waals surface area contributed by atoms with Gasteiger partial charge in [0.05, 0.1) is 22.8 Å². The molecule has 1 aromatic carbocycles. The van der Waals surface area contributed by atoms with E-state index in [1.54, 1.807) is 23.1 Å². The molecule has 1 aliphatic carbocycles. The van der Waals surface area contributed by atoms with Crippen molar-refractivity contribution < 1.29 is 8.78 Å². The molecule has 4 aromatic rings. The van der Waals surface area contributed by atoms with E-state index in [1.807, 2.05) is 26.0 Å². The molecule has 0 atom stereocenters. The van der Waals surface area contributed by atoms with E-state index in [4.69, 9.17) is 16.7 Å². The molecular formula is C24H23ClF2N6. The summed E-state index contributed by atoms with van der Waals surface area (Å²) in [7, 11) is 0. The largest absolute Gasteiger partial charge is 0.316 e. The van der Waals surface area contributed by atoms with Gasteiger partial charge in [0, 0.05) is 47.1 Å². The van der Waals surface area contributed by atoms with Gasteiger partial charge in [-0.3, -0.25) is 14.8 Å². The highest BCUT2D eigenvalue weighted by Crippen LogP contribution is 2.54. The summed E-state index contributed by atoms with van der Waals surface area (Å²) in [5.41, 5.74) is 4.51. The maximum atomic E-state index is 14.8. The second-order valence-corrected chi connectivity index (χ2v) is 9.75. The molecule has 2 N–H and O–H groups in total. The second-order valence-electron chi connectivity index (χ2n) is 9.37. The predicted octanol–water partition coefficient (Wildman–Crippen LogP) is 5.62. The maximum Gasteiger partial charge on any atom is 0.280 e. The van der Waals surface area contributed by atoms with Crippen molar-refractivity contribution >= 4 is 22.5 Å². The number of nitrogens with one attached hydrogen (secondary N) is 2. The molecule has 2 fully saturated rings. The predicted molar refractivity (Wildman–Crippen MR) is 124 cm³/mol. The summed E-state index contributed by atoms with van der Waals surface area (Å²) in [5, 5.41) is 16.4. The number of H-pyrrole nitrogens is 1. The Labute approximate surface area is 194 Å². The van der Waals surface area contributed by atoms with E-state index in [1.165, 1.54) is 0 Å². The Bertz CT molecular complexity index is 1380. The Hall–Kier alpha value is -2.84. The summed E-state index contributed by atoms with van der Waals surface area (Å²) >= 11 is 6.81. The average Bonchev–Trinajstić information content (AvgIpc) is 3.32. The van der Waals surface area contributed by atoms with Crippen LogP contribution in [0.15, 0.2) is 30.6 Å². The van der Waals surface area contributed by atoms with Gasteiger partial charge in [-0.1, -0.05) is 11.6 Å². The quantitative estimate of drug-likeness (QED) is 0.407. The number of rotatable bonds is 4. The monoisotopic (exact) mass is 468 g/mol. The first kappa shape index (κ1) is 20.7. The van der Waals surface area contributed by atoms with Gasteiger partial charge in [0.15, 0.2) is 0 Å². The number of fused-ring (bicyclic) bond motifs is 1. The number of pyridine rings is 1. The van der Waals surface area contributed by atoms with Crippen molar-refractivity contribution in [3.63, 3.8) is 0 Å². The van der Waals surface area contributed by atoms with Crippen molar-refractivity contribution in [2.45, 2.75) is 39.2 Å². The van der Waals surface area contributed by atoms with Crippen LogP contribution in [0.1, 0.15) is 42.3 Å². The van der Waals surface area contributed by atoms with Crippen molar-refractivity contribution in [1.82, 2.24) is 30.3 Å². The molecule has 0 unspecified atom stereocenters. The third-order valence-electron chi connectivity index (χ3n) is 7.21. The van der Waals surface area contributed by atoms with E-state index in [-0.39, 0.29) is 17.2 Å². The Morgan fingerprint density at radius 2 is 2.00 bits per heavy atom. The van der Waals surface area contributed by atoms with Gasteiger partial charge < -0.3 is 5.32 Å². The molecule has 6 rings (SSSR count). The minimum Gasteiger partial charge on any atom is -0.316 e. The fourth-order valence-corrected chi connectivity index (χ4v) is 5.68.